The number of hydrogen-bond acceptors (Lipinski definition) is 5. The van der Waals surface area contributed by atoms with Crippen molar-refractivity contribution < 1.29 is 12.8 Å². The van der Waals surface area contributed by atoms with E-state index in [4.69, 9.17) is 5.14 Å². The van der Waals surface area contributed by atoms with E-state index in [0.29, 0.717) is 29.3 Å². The minimum absolute atomic E-state index is 0.0529. The Bertz CT molecular complexity index is 1310. The maximum atomic E-state index is 14.3. The van der Waals surface area contributed by atoms with Crippen LogP contribution in [0.1, 0.15) is 5.56 Å². The van der Waals surface area contributed by atoms with Crippen LogP contribution < -0.4 is 15.9 Å². The molecule has 0 bridgehead atoms. The number of nitrogens with one attached hydrogen (secondary N) is 1. The zero-order valence-corrected chi connectivity index (χ0v) is 16.3. The lowest BCUT2D eigenvalue weighted by Gasteiger charge is -2.12. The van der Waals surface area contributed by atoms with Gasteiger partial charge in [0.2, 0.25) is 10.0 Å². The number of rotatable bonds is 5. The molecule has 0 fully saturated rings. The number of primary sulfonamides is 1. The summed E-state index contributed by atoms with van der Waals surface area (Å²) in [6.45, 7) is 0.402. The first-order valence-corrected chi connectivity index (χ1v) is 10.3. The van der Waals surface area contributed by atoms with Gasteiger partial charge in [-0.1, -0.05) is 24.3 Å². The molecule has 0 spiro atoms. The highest BCUT2D eigenvalue weighted by atomic mass is 32.2. The Hall–Kier alpha value is -3.24. The minimum atomic E-state index is -3.73. The summed E-state index contributed by atoms with van der Waals surface area (Å²) in [5, 5.41) is 12.7. The van der Waals surface area contributed by atoms with E-state index >= 15 is 0 Å². The van der Waals surface area contributed by atoms with E-state index in [9.17, 15) is 12.8 Å². The fraction of sp³-hybridized carbons (Fsp3) is 0.0526. The number of nitrogens with zero attached hydrogens (tertiary/aromatic N) is 3. The molecule has 0 amide bonds. The zero-order valence-electron chi connectivity index (χ0n) is 15.5. The molecule has 29 heavy (non-hydrogen) atoms. The van der Waals surface area contributed by atoms with Gasteiger partial charge in [0.15, 0.2) is 5.65 Å². The zero-order chi connectivity index (χ0) is 20.6. The molecule has 4 rings (SSSR count). The second kappa shape index (κ2) is 7.30. The molecule has 0 saturated carbocycles. The molecule has 3 N–H and O–H groups in total. The van der Waals surface area contributed by atoms with Crippen molar-refractivity contribution in [3.05, 3.63) is 72.2 Å². The van der Waals surface area contributed by atoms with Crippen molar-refractivity contribution >= 4 is 34.8 Å². The van der Waals surface area contributed by atoms with E-state index in [-0.39, 0.29) is 10.7 Å². The van der Waals surface area contributed by atoms with E-state index in [1.54, 1.807) is 47.1 Å². The van der Waals surface area contributed by atoms with Crippen LogP contribution in [-0.4, -0.2) is 30.9 Å². The molecule has 0 saturated heterocycles. The Kier molecular flexibility index (Phi) is 4.81. The molecule has 4 aromatic rings. The number of benzene rings is 2. The number of sulfonamides is 1. The first-order valence-electron chi connectivity index (χ1n) is 8.79. The van der Waals surface area contributed by atoms with Gasteiger partial charge < -0.3 is 5.32 Å². The Balaban J connectivity index is 1.69. The highest BCUT2D eigenvalue weighted by Crippen LogP contribution is 2.24. The van der Waals surface area contributed by atoms with Gasteiger partial charge in [-0.15, -0.1) is 0 Å². The molecule has 0 aliphatic rings. The maximum absolute atomic E-state index is 14.3. The van der Waals surface area contributed by atoms with E-state index in [1.807, 2.05) is 7.85 Å². The first-order chi connectivity index (χ1) is 13.8. The monoisotopic (exact) mass is 409 g/mol. The van der Waals surface area contributed by atoms with Crippen LogP contribution in [0.4, 0.5) is 10.2 Å². The summed E-state index contributed by atoms with van der Waals surface area (Å²) >= 11 is 0. The number of hydrogen-bond donors (Lipinski definition) is 2. The second-order valence-corrected chi connectivity index (χ2v) is 8.17. The molecule has 0 aliphatic heterocycles. The summed E-state index contributed by atoms with van der Waals surface area (Å²) in [6, 6.07) is 14.5. The van der Waals surface area contributed by atoms with E-state index in [2.05, 4.69) is 15.4 Å². The average molecular weight is 409 g/mol. The first kappa shape index (κ1) is 19.1. The second-order valence-electron chi connectivity index (χ2n) is 6.61. The standard InChI is InChI=1S/C19H17BFN5O2S/c20-15-11-24-26-18(23-10-12-5-7-13(8-6-12)29(22,27)28)9-17(25-19(15)26)14-3-1-2-4-16(14)21/h1-9,11,23H,10,20H2,(H2,22,27,28). The molecular formula is C19H17BFN5O2S. The van der Waals surface area contributed by atoms with Crippen LogP contribution in [-0.2, 0) is 16.6 Å². The Morgan fingerprint density at radius 1 is 1.14 bits per heavy atom. The maximum Gasteiger partial charge on any atom is 0.238 e. The quantitative estimate of drug-likeness (QED) is 0.480. The van der Waals surface area contributed by atoms with Gasteiger partial charge in [-0.25, -0.2) is 22.9 Å². The largest absolute Gasteiger partial charge is 0.366 e. The summed E-state index contributed by atoms with van der Waals surface area (Å²) in [4.78, 5) is 4.61. The summed E-state index contributed by atoms with van der Waals surface area (Å²) in [7, 11) is -1.85. The summed E-state index contributed by atoms with van der Waals surface area (Å²) < 4.78 is 38.7. The van der Waals surface area contributed by atoms with Gasteiger partial charge in [-0.2, -0.15) is 9.61 Å². The predicted molar refractivity (Wildman–Crippen MR) is 112 cm³/mol. The molecule has 0 unspecified atom stereocenters. The van der Waals surface area contributed by atoms with Gasteiger partial charge in [0, 0.05) is 24.4 Å². The third-order valence-electron chi connectivity index (χ3n) is 4.52. The minimum Gasteiger partial charge on any atom is -0.366 e. The molecule has 10 heteroatoms. The highest BCUT2D eigenvalue weighted by molar-refractivity contribution is 7.89. The number of aromatic nitrogens is 3. The Morgan fingerprint density at radius 2 is 1.86 bits per heavy atom. The molecule has 7 nitrogen and oxygen atoms in total. The summed E-state index contributed by atoms with van der Waals surface area (Å²) in [5.41, 5.74) is 3.22. The van der Waals surface area contributed by atoms with Crippen molar-refractivity contribution in [2.24, 2.45) is 5.14 Å². The smallest absolute Gasteiger partial charge is 0.238 e. The molecule has 0 radical (unpaired) electrons. The summed E-state index contributed by atoms with van der Waals surface area (Å²) in [6.07, 6.45) is 1.69. The Morgan fingerprint density at radius 3 is 2.55 bits per heavy atom. The SMILES string of the molecule is Bc1cnn2c(NCc3ccc(S(N)(=O)=O)cc3)cc(-c3ccccc3F)nc12. The van der Waals surface area contributed by atoms with Gasteiger partial charge >= 0.3 is 0 Å². The van der Waals surface area contributed by atoms with Crippen LogP contribution in [0.3, 0.4) is 0 Å². The molecule has 2 aromatic heterocycles. The summed E-state index contributed by atoms with van der Waals surface area (Å²) in [5.74, 6) is 0.280. The van der Waals surface area contributed by atoms with Crippen LogP contribution in [0.25, 0.3) is 16.9 Å². The topological polar surface area (TPSA) is 102 Å². The fourth-order valence-electron chi connectivity index (χ4n) is 3.00. The van der Waals surface area contributed by atoms with Gasteiger partial charge in [-0.05, 0) is 35.3 Å². The Labute approximate surface area is 167 Å². The number of halogens is 1. The highest BCUT2D eigenvalue weighted by Gasteiger charge is 2.13. The third-order valence-corrected chi connectivity index (χ3v) is 5.45. The molecule has 146 valence electrons. The van der Waals surface area contributed by atoms with E-state index in [1.165, 1.54) is 18.2 Å². The van der Waals surface area contributed by atoms with Crippen molar-refractivity contribution in [3.8, 4) is 11.3 Å². The van der Waals surface area contributed by atoms with E-state index < -0.39 is 10.0 Å². The van der Waals surface area contributed by atoms with E-state index in [0.717, 1.165) is 11.0 Å². The van der Waals surface area contributed by atoms with Crippen LogP contribution in [0.15, 0.2) is 65.7 Å². The number of anilines is 1. The van der Waals surface area contributed by atoms with Gasteiger partial charge in [0.1, 0.15) is 19.5 Å². The third kappa shape index (κ3) is 3.85. The van der Waals surface area contributed by atoms with Gasteiger partial charge in [0.05, 0.1) is 10.6 Å². The molecule has 2 heterocycles. The molecule has 0 atom stereocenters. The lowest BCUT2D eigenvalue weighted by Crippen LogP contribution is -2.12. The van der Waals surface area contributed by atoms with Gasteiger partial charge in [0.25, 0.3) is 0 Å². The number of nitrogens with two attached hydrogens (primary N) is 1. The lowest BCUT2D eigenvalue weighted by atomic mass is 10.0. The van der Waals surface area contributed by atoms with Crippen LogP contribution in [0.5, 0.6) is 0 Å². The average Bonchev–Trinajstić information content (AvgIpc) is 3.07. The van der Waals surface area contributed by atoms with Crippen molar-refractivity contribution in [3.63, 3.8) is 0 Å². The molecular weight excluding hydrogens is 392 g/mol. The van der Waals surface area contributed by atoms with Crippen molar-refractivity contribution in [2.45, 2.75) is 11.4 Å². The van der Waals surface area contributed by atoms with Crippen molar-refractivity contribution in [1.82, 2.24) is 14.6 Å². The van der Waals surface area contributed by atoms with Crippen molar-refractivity contribution in [1.29, 1.82) is 0 Å². The predicted octanol–water partition coefficient (Wildman–Crippen LogP) is 1.05. The molecule has 2 aromatic carbocycles. The van der Waals surface area contributed by atoms with Gasteiger partial charge in [-0.3, -0.25) is 0 Å². The van der Waals surface area contributed by atoms with Crippen LogP contribution in [0.2, 0.25) is 0 Å². The van der Waals surface area contributed by atoms with Crippen LogP contribution in [0, 0.1) is 5.82 Å². The molecule has 0 aliphatic carbocycles. The normalized spacial score (nSPS) is 11.7. The lowest BCUT2D eigenvalue weighted by molar-refractivity contribution is 0.597. The van der Waals surface area contributed by atoms with Crippen molar-refractivity contribution in [2.75, 3.05) is 5.32 Å². The fourth-order valence-corrected chi connectivity index (χ4v) is 3.51. The van der Waals surface area contributed by atoms with Crippen LogP contribution >= 0.6 is 0 Å². The number of fused-ring (bicyclic) bond motifs is 1.